The van der Waals surface area contributed by atoms with Gasteiger partial charge in [0.25, 0.3) is 5.91 Å². The third kappa shape index (κ3) is 5.24. The summed E-state index contributed by atoms with van der Waals surface area (Å²) < 4.78 is 41.9. The third-order valence-corrected chi connectivity index (χ3v) is 6.04. The molecule has 26 heavy (non-hydrogen) atoms. The summed E-state index contributed by atoms with van der Waals surface area (Å²) in [6.07, 6.45) is 0. The maximum absolute atomic E-state index is 12.7. The van der Waals surface area contributed by atoms with E-state index >= 15 is 0 Å². The van der Waals surface area contributed by atoms with Gasteiger partial charge in [0.05, 0.1) is 31.3 Å². The first-order valence-electron chi connectivity index (χ1n) is 8.46. The Hall–Kier alpha value is -1.52. The van der Waals surface area contributed by atoms with Gasteiger partial charge in [0.15, 0.2) is 0 Å². The number of carbonyl (C=O) groups is 1. The number of sulfonamides is 1. The molecule has 2 rings (SSSR count). The number of hydrogen-bond donors (Lipinski definition) is 0. The van der Waals surface area contributed by atoms with Crippen molar-refractivity contribution in [2.75, 3.05) is 66.8 Å². The molecule has 0 aromatic heterocycles. The van der Waals surface area contributed by atoms with E-state index in [0.717, 1.165) is 0 Å². The van der Waals surface area contributed by atoms with Crippen molar-refractivity contribution >= 4 is 15.9 Å². The van der Waals surface area contributed by atoms with Gasteiger partial charge in [-0.1, -0.05) is 0 Å². The molecule has 1 amide bonds. The van der Waals surface area contributed by atoms with Crippen LogP contribution >= 0.6 is 0 Å². The number of amides is 1. The fraction of sp³-hybridized carbons (Fsp3) is 0.588. The van der Waals surface area contributed by atoms with E-state index in [4.69, 9.17) is 14.2 Å². The number of nitrogens with zero attached hydrogens (tertiary/aromatic N) is 2. The molecule has 1 saturated heterocycles. The minimum Gasteiger partial charge on any atom is -0.383 e. The molecule has 0 spiro atoms. The first-order valence-corrected chi connectivity index (χ1v) is 9.90. The molecule has 1 aliphatic heterocycles. The van der Waals surface area contributed by atoms with Crippen LogP contribution in [0.3, 0.4) is 0 Å². The van der Waals surface area contributed by atoms with Crippen molar-refractivity contribution < 1.29 is 27.4 Å². The third-order valence-electron chi connectivity index (χ3n) is 4.13. The molecule has 1 aromatic carbocycles. The lowest BCUT2D eigenvalue weighted by Crippen LogP contribution is -2.40. The fourth-order valence-corrected chi connectivity index (χ4v) is 4.01. The molecule has 0 unspecified atom stereocenters. The summed E-state index contributed by atoms with van der Waals surface area (Å²) >= 11 is 0. The van der Waals surface area contributed by atoms with Gasteiger partial charge in [-0.15, -0.1) is 0 Å². The molecule has 0 saturated carbocycles. The van der Waals surface area contributed by atoms with Crippen LogP contribution in [-0.2, 0) is 24.2 Å². The zero-order chi connectivity index (χ0) is 19.0. The van der Waals surface area contributed by atoms with Crippen LogP contribution in [0, 0.1) is 0 Å². The van der Waals surface area contributed by atoms with Crippen LogP contribution in [0.4, 0.5) is 0 Å². The summed E-state index contributed by atoms with van der Waals surface area (Å²) in [7, 11) is -0.417. The number of methoxy groups -OCH3 is 2. The number of rotatable bonds is 9. The summed E-state index contributed by atoms with van der Waals surface area (Å²) in [5, 5.41) is 0. The van der Waals surface area contributed by atoms with Crippen molar-refractivity contribution in [3.8, 4) is 0 Å². The van der Waals surface area contributed by atoms with Gasteiger partial charge < -0.3 is 19.1 Å². The molecule has 146 valence electrons. The SMILES string of the molecule is COCCN(CCOC)C(=O)c1ccc(S(=O)(=O)N2CCOCC2)cc1. The van der Waals surface area contributed by atoms with Gasteiger partial charge in [-0.05, 0) is 24.3 Å². The molecule has 0 atom stereocenters. The lowest BCUT2D eigenvalue weighted by Gasteiger charge is -2.26. The Bertz CT molecular complexity index is 663. The van der Waals surface area contributed by atoms with Crippen LogP contribution in [0.15, 0.2) is 29.2 Å². The summed E-state index contributed by atoms with van der Waals surface area (Å²) in [6, 6.07) is 6.04. The summed E-state index contributed by atoms with van der Waals surface area (Å²) in [4.78, 5) is 14.5. The number of ether oxygens (including phenoxy) is 3. The second kappa shape index (κ2) is 9.98. The molecule has 0 N–H and O–H groups in total. The quantitative estimate of drug-likeness (QED) is 0.612. The van der Waals surface area contributed by atoms with Crippen LogP contribution in [0.25, 0.3) is 0 Å². The highest BCUT2D eigenvalue weighted by atomic mass is 32.2. The Morgan fingerprint density at radius 3 is 2.12 bits per heavy atom. The van der Waals surface area contributed by atoms with Crippen LogP contribution in [0.2, 0.25) is 0 Å². The Morgan fingerprint density at radius 1 is 1.08 bits per heavy atom. The average Bonchev–Trinajstić information content (AvgIpc) is 2.68. The maximum atomic E-state index is 12.7. The second-order valence-corrected chi connectivity index (χ2v) is 7.76. The van der Waals surface area contributed by atoms with E-state index in [1.54, 1.807) is 31.3 Å². The first-order chi connectivity index (χ1) is 12.5. The summed E-state index contributed by atoms with van der Waals surface area (Å²) in [6.45, 7) is 3.17. The van der Waals surface area contributed by atoms with Gasteiger partial charge in [-0.2, -0.15) is 4.31 Å². The molecule has 1 aliphatic rings. The molecule has 8 nitrogen and oxygen atoms in total. The second-order valence-electron chi connectivity index (χ2n) is 5.82. The number of morpholine rings is 1. The van der Waals surface area contributed by atoms with Crippen molar-refractivity contribution in [2.45, 2.75) is 4.90 Å². The van der Waals surface area contributed by atoms with E-state index in [1.165, 1.54) is 16.4 Å². The van der Waals surface area contributed by atoms with Crippen molar-refractivity contribution in [1.82, 2.24) is 9.21 Å². The van der Waals surface area contributed by atoms with Gasteiger partial charge in [0.1, 0.15) is 0 Å². The number of benzene rings is 1. The smallest absolute Gasteiger partial charge is 0.254 e. The van der Waals surface area contributed by atoms with E-state index < -0.39 is 10.0 Å². The number of carbonyl (C=O) groups excluding carboxylic acids is 1. The van der Waals surface area contributed by atoms with E-state index in [9.17, 15) is 13.2 Å². The Kier molecular flexibility index (Phi) is 7.98. The molecule has 0 radical (unpaired) electrons. The minimum atomic E-state index is -3.56. The van der Waals surface area contributed by atoms with E-state index in [-0.39, 0.29) is 10.8 Å². The highest BCUT2D eigenvalue weighted by Crippen LogP contribution is 2.18. The Balaban J connectivity index is 2.12. The number of hydrogen-bond acceptors (Lipinski definition) is 6. The molecule has 0 bridgehead atoms. The molecule has 1 aromatic rings. The minimum absolute atomic E-state index is 0.177. The summed E-state index contributed by atoms with van der Waals surface area (Å²) in [5.74, 6) is -0.186. The van der Waals surface area contributed by atoms with Crippen LogP contribution in [0.5, 0.6) is 0 Å². The predicted molar refractivity (Wildman–Crippen MR) is 95.7 cm³/mol. The summed E-state index contributed by atoms with van der Waals surface area (Å²) in [5.41, 5.74) is 0.429. The predicted octanol–water partition coefficient (Wildman–Crippen LogP) is 0.443. The van der Waals surface area contributed by atoms with Crippen molar-refractivity contribution in [3.63, 3.8) is 0 Å². The maximum Gasteiger partial charge on any atom is 0.254 e. The molecule has 9 heteroatoms. The van der Waals surface area contributed by atoms with Crippen molar-refractivity contribution in [3.05, 3.63) is 29.8 Å². The van der Waals surface area contributed by atoms with Crippen molar-refractivity contribution in [1.29, 1.82) is 0 Å². The van der Waals surface area contributed by atoms with Crippen LogP contribution < -0.4 is 0 Å². The van der Waals surface area contributed by atoms with Crippen molar-refractivity contribution in [2.24, 2.45) is 0 Å². The zero-order valence-corrected chi connectivity index (χ0v) is 16.0. The van der Waals surface area contributed by atoms with Gasteiger partial charge in [-0.25, -0.2) is 8.42 Å². The molecular weight excluding hydrogens is 360 g/mol. The lowest BCUT2D eigenvalue weighted by molar-refractivity contribution is 0.0627. The largest absolute Gasteiger partial charge is 0.383 e. The normalized spacial score (nSPS) is 15.8. The lowest BCUT2D eigenvalue weighted by atomic mass is 10.2. The van der Waals surface area contributed by atoms with Gasteiger partial charge in [-0.3, -0.25) is 4.79 Å². The van der Waals surface area contributed by atoms with Crippen LogP contribution in [-0.4, -0.2) is 90.4 Å². The molecule has 0 aliphatic carbocycles. The molecule has 1 fully saturated rings. The topological polar surface area (TPSA) is 85.4 Å². The average molecular weight is 386 g/mol. The molecular formula is C17H26N2O6S. The molecule has 1 heterocycles. The Morgan fingerprint density at radius 2 is 1.62 bits per heavy atom. The van der Waals surface area contributed by atoms with E-state index in [0.29, 0.717) is 58.2 Å². The highest BCUT2D eigenvalue weighted by Gasteiger charge is 2.26. The van der Waals surface area contributed by atoms with E-state index in [2.05, 4.69) is 0 Å². The van der Waals surface area contributed by atoms with Crippen LogP contribution in [0.1, 0.15) is 10.4 Å². The standard InChI is InChI=1S/C17H26N2O6S/c1-23-11-7-18(8-12-24-2)17(20)15-3-5-16(6-4-15)26(21,22)19-9-13-25-14-10-19/h3-6H,7-14H2,1-2H3. The highest BCUT2D eigenvalue weighted by molar-refractivity contribution is 7.89. The van der Waals surface area contributed by atoms with Gasteiger partial charge >= 0.3 is 0 Å². The zero-order valence-electron chi connectivity index (χ0n) is 15.2. The first kappa shape index (κ1) is 20.8. The van der Waals surface area contributed by atoms with Gasteiger partial charge in [0.2, 0.25) is 10.0 Å². The fourth-order valence-electron chi connectivity index (χ4n) is 2.61. The van der Waals surface area contributed by atoms with Gasteiger partial charge in [0, 0.05) is 46.0 Å². The monoisotopic (exact) mass is 386 g/mol. The Labute approximate surface area is 154 Å². The van der Waals surface area contributed by atoms with E-state index in [1.807, 2.05) is 0 Å².